The first-order valence-electron chi connectivity index (χ1n) is 9.41. The van der Waals surface area contributed by atoms with Gasteiger partial charge in [-0.2, -0.15) is 0 Å². The highest BCUT2D eigenvalue weighted by molar-refractivity contribution is 5.81. The first kappa shape index (κ1) is 18.7. The van der Waals surface area contributed by atoms with E-state index in [1.165, 1.54) is 5.56 Å². The van der Waals surface area contributed by atoms with Crippen LogP contribution in [0.25, 0.3) is 16.7 Å². The lowest BCUT2D eigenvalue weighted by Gasteiger charge is -2.11. The molecular weight excluding hydrogens is 368 g/mol. The van der Waals surface area contributed by atoms with Gasteiger partial charge in [0.15, 0.2) is 11.5 Å². The number of nitrogens with zero attached hydrogens (tertiary/aromatic N) is 3. The smallest absolute Gasteiger partial charge is 0.258 e. The summed E-state index contributed by atoms with van der Waals surface area (Å²) in [5, 5.41) is 0.467. The number of benzene rings is 1. The molecule has 3 aromatic heterocycles. The van der Waals surface area contributed by atoms with Crippen LogP contribution in [0.4, 0.5) is 0 Å². The molecule has 0 aliphatic carbocycles. The van der Waals surface area contributed by atoms with Gasteiger partial charge in [-0.05, 0) is 43.2 Å². The van der Waals surface area contributed by atoms with Crippen molar-refractivity contribution in [3.8, 4) is 17.3 Å². The lowest BCUT2D eigenvalue weighted by atomic mass is 10.1. The molecule has 29 heavy (non-hydrogen) atoms. The molecule has 0 radical (unpaired) electrons. The fourth-order valence-corrected chi connectivity index (χ4v) is 3.22. The molecule has 0 atom stereocenters. The molecule has 4 aromatic rings. The number of hydrogen-bond donors (Lipinski definition) is 1. The second-order valence-electron chi connectivity index (χ2n) is 6.76. The molecule has 0 aliphatic heterocycles. The average molecular weight is 390 g/mol. The van der Waals surface area contributed by atoms with Gasteiger partial charge in [0, 0.05) is 31.1 Å². The third kappa shape index (κ3) is 3.85. The van der Waals surface area contributed by atoms with E-state index in [2.05, 4.69) is 15.0 Å². The van der Waals surface area contributed by atoms with E-state index in [4.69, 9.17) is 9.47 Å². The summed E-state index contributed by atoms with van der Waals surface area (Å²) in [6.07, 6.45) is 6.27. The largest absolute Gasteiger partial charge is 0.493 e. The van der Waals surface area contributed by atoms with Crippen molar-refractivity contribution >= 4 is 10.9 Å². The Morgan fingerprint density at radius 2 is 2.03 bits per heavy atom. The summed E-state index contributed by atoms with van der Waals surface area (Å²) in [4.78, 5) is 24.5. The van der Waals surface area contributed by atoms with Crippen molar-refractivity contribution in [2.45, 2.75) is 20.3 Å². The summed E-state index contributed by atoms with van der Waals surface area (Å²) >= 11 is 0. The summed E-state index contributed by atoms with van der Waals surface area (Å²) in [5.41, 5.74) is 2.49. The van der Waals surface area contributed by atoms with Crippen molar-refractivity contribution in [2.24, 2.45) is 0 Å². The van der Waals surface area contributed by atoms with Gasteiger partial charge in [0.25, 0.3) is 5.56 Å². The van der Waals surface area contributed by atoms with Gasteiger partial charge in [-0.1, -0.05) is 6.07 Å². The lowest BCUT2D eigenvalue weighted by molar-refractivity contribution is 0.311. The van der Waals surface area contributed by atoms with Crippen molar-refractivity contribution in [2.75, 3.05) is 13.7 Å². The van der Waals surface area contributed by atoms with Gasteiger partial charge in [-0.15, -0.1) is 0 Å². The second-order valence-corrected chi connectivity index (χ2v) is 6.76. The zero-order valence-corrected chi connectivity index (χ0v) is 16.6. The van der Waals surface area contributed by atoms with E-state index in [0.29, 0.717) is 41.3 Å². The maximum Gasteiger partial charge on any atom is 0.258 e. The molecule has 0 fully saturated rings. The van der Waals surface area contributed by atoms with Crippen LogP contribution in [0, 0.1) is 6.92 Å². The van der Waals surface area contributed by atoms with E-state index in [1.54, 1.807) is 25.4 Å². The van der Waals surface area contributed by atoms with Gasteiger partial charge < -0.3 is 19.0 Å². The first-order valence-corrected chi connectivity index (χ1v) is 9.41. The number of methoxy groups -OCH3 is 1. The Morgan fingerprint density at radius 1 is 1.17 bits per heavy atom. The van der Waals surface area contributed by atoms with Gasteiger partial charge >= 0.3 is 0 Å². The molecule has 0 amide bonds. The maximum absolute atomic E-state index is 12.6. The number of aryl methyl sites for hydroxylation is 1. The molecule has 148 valence electrons. The quantitative estimate of drug-likeness (QED) is 0.546. The number of aromatic amines is 1. The molecule has 1 aromatic carbocycles. The molecule has 0 bridgehead atoms. The molecule has 4 rings (SSSR count). The van der Waals surface area contributed by atoms with Crippen LogP contribution in [0.5, 0.6) is 11.5 Å². The van der Waals surface area contributed by atoms with Gasteiger partial charge in [-0.3, -0.25) is 4.79 Å². The highest BCUT2D eigenvalue weighted by atomic mass is 16.5. The molecule has 1 N–H and O–H groups in total. The fourth-order valence-electron chi connectivity index (χ4n) is 3.22. The fraction of sp³-hybridized carbons (Fsp3) is 0.227. The van der Waals surface area contributed by atoms with Crippen LogP contribution in [0.15, 0.2) is 53.7 Å². The Kier molecular flexibility index (Phi) is 5.03. The molecule has 7 heteroatoms. The number of H-pyrrole nitrogens is 1. The van der Waals surface area contributed by atoms with Crippen molar-refractivity contribution in [3.05, 3.63) is 76.2 Å². The lowest BCUT2D eigenvalue weighted by Crippen LogP contribution is -2.13. The predicted molar refractivity (Wildman–Crippen MR) is 111 cm³/mol. The SMILES string of the molecule is CCOc1cc2c(=O)[nH]c(Cc3ccc(-n4ccc(C)c4)nc3)nc2cc1OC. The number of hydrogen-bond acceptors (Lipinski definition) is 5. The van der Waals surface area contributed by atoms with Crippen molar-refractivity contribution in [1.29, 1.82) is 0 Å². The van der Waals surface area contributed by atoms with Gasteiger partial charge in [-0.25, -0.2) is 9.97 Å². The Morgan fingerprint density at radius 3 is 2.69 bits per heavy atom. The highest BCUT2D eigenvalue weighted by Gasteiger charge is 2.12. The van der Waals surface area contributed by atoms with E-state index < -0.39 is 0 Å². The molecule has 7 nitrogen and oxygen atoms in total. The summed E-state index contributed by atoms with van der Waals surface area (Å²) < 4.78 is 12.9. The number of nitrogens with one attached hydrogen (secondary N) is 1. The number of pyridine rings is 1. The molecule has 0 spiro atoms. The minimum atomic E-state index is -0.207. The topological polar surface area (TPSA) is 82.0 Å². The second kappa shape index (κ2) is 7.79. The van der Waals surface area contributed by atoms with E-state index in [-0.39, 0.29) is 5.56 Å². The average Bonchev–Trinajstić information content (AvgIpc) is 3.15. The normalized spacial score (nSPS) is 11.0. The van der Waals surface area contributed by atoms with Crippen molar-refractivity contribution < 1.29 is 9.47 Å². The zero-order chi connectivity index (χ0) is 20.4. The third-order valence-corrected chi connectivity index (χ3v) is 4.63. The van der Waals surface area contributed by atoms with Crippen LogP contribution < -0.4 is 15.0 Å². The predicted octanol–water partition coefficient (Wildman–Crippen LogP) is 3.42. The Hall–Kier alpha value is -3.61. The third-order valence-electron chi connectivity index (χ3n) is 4.63. The number of aromatic nitrogens is 4. The van der Waals surface area contributed by atoms with Gasteiger partial charge in [0.2, 0.25) is 0 Å². The van der Waals surface area contributed by atoms with Crippen LogP contribution in [0.3, 0.4) is 0 Å². The number of rotatable bonds is 6. The van der Waals surface area contributed by atoms with Crippen LogP contribution in [0.1, 0.15) is 23.9 Å². The summed E-state index contributed by atoms with van der Waals surface area (Å²) in [7, 11) is 1.57. The Labute approximate surface area is 168 Å². The van der Waals surface area contributed by atoms with Crippen LogP contribution >= 0.6 is 0 Å². The van der Waals surface area contributed by atoms with E-state index in [0.717, 1.165) is 11.4 Å². The minimum absolute atomic E-state index is 0.207. The van der Waals surface area contributed by atoms with Crippen LogP contribution in [-0.4, -0.2) is 33.2 Å². The van der Waals surface area contributed by atoms with Crippen LogP contribution in [0.2, 0.25) is 0 Å². The minimum Gasteiger partial charge on any atom is -0.493 e. The maximum atomic E-state index is 12.6. The number of fused-ring (bicyclic) bond motifs is 1. The standard InChI is InChI=1S/C22H22N4O3/c1-4-29-19-10-16-17(11-18(19)28-3)24-20(25-22(16)27)9-15-5-6-21(23-12-15)26-8-7-14(2)13-26/h5-8,10-13H,4,9H2,1-3H3,(H,24,25,27). The van der Waals surface area contributed by atoms with E-state index >= 15 is 0 Å². The van der Waals surface area contributed by atoms with Gasteiger partial charge in [0.05, 0.1) is 24.6 Å². The molecular formula is C22H22N4O3. The highest BCUT2D eigenvalue weighted by Crippen LogP contribution is 2.30. The van der Waals surface area contributed by atoms with Crippen LogP contribution in [-0.2, 0) is 6.42 Å². The van der Waals surface area contributed by atoms with Gasteiger partial charge in [0.1, 0.15) is 11.6 Å². The first-order chi connectivity index (χ1) is 14.1. The molecule has 0 saturated heterocycles. The Bertz CT molecular complexity index is 1210. The zero-order valence-electron chi connectivity index (χ0n) is 16.6. The van der Waals surface area contributed by atoms with E-state index in [1.807, 2.05) is 49.0 Å². The molecule has 3 heterocycles. The monoisotopic (exact) mass is 390 g/mol. The van der Waals surface area contributed by atoms with Crippen molar-refractivity contribution in [3.63, 3.8) is 0 Å². The molecule has 0 saturated carbocycles. The molecule has 0 aliphatic rings. The Balaban J connectivity index is 1.64. The number of ether oxygens (including phenoxy) is 2. The summed E-state index contributed by atoms with van der Waals surface area (Å²) in [5.74, 6) is 2.49. The van der Waals surface area contributed by atoms with Crippen molar-refractivity contribution in [1.82, 2.24) is 19.5 Å². The van der Waals surface area contributed by atoms with E-state index in [9.17, 15) is 4.79 Å². The molecule has 0 unspecified atom stereocenters. The summed E-state index contributed by atoms with van der Waals surface area (Å²) in [6, 6.07) is 9.37. The summed E-state index contributed by atoms with van der Waals surface area (Å²) in [6.45, 7) is 4.40.